The SMILES string of the molecule is CCC(C)CN(CC)CC(=O)Nc1ccccc1C#N. The van der Waals surface area contributed by atoms with Crippen LogP contribution in [0.4, 0.5) is 5.69 Å². The van der Waals surface area contributed by atoms with Gasteiger partial charge < -0.3 is 5.32 Å². The monoisotopic (exact) mass is 273 g/mol. The molecule has 4 nitrogen and oxygen atoms in total. The van der Waals surface area contributed by atoms with Gasteiger partial charge in [0.25, 0.3) is 0 Å². The number of rotatable bonds is 7. The highest BCUT2D eigenvalue weighted by molar-refractivity contribution is 5.93. The molecule has 0 saturated heterocycles. The van der Waals surface area contributed by atoms with Crippen molar-refractivity contribution in [1.29, 1.82) is 5.26 Å². The van der Waals surface area contributed by atoms with Gasteiger partial charge in [0.05, 0.1) is 17.8 Å². The summed E-state index contributed by atoms with van der Waals surface area (Å²) in [6.45, 7) is 8.52. The average molecular weight is 273 g/mol. The smallest absolute Gasteiger partial charge is 0.238 e. The molecule has 0 spiro atoms. The van der Waals surface area contributed by atoms with Gasteiger partial charge in [-0.25, -0.2) is 0 Å². The number of nitrogens with one attached hydrogen (secondary N) is 1. The Balaban J connectivity index is 2.60. The van der Waals surface area contributed by atoms with Gasteiger partial charge in [-0.15, -0.1) is 0 Å². The van der Waals surface area contributed by atoms with Crippen molar-refractivity contribution in [2.24, 2.45) is 5.92 Å². The topological polar surface area (TPSA) is 56.1 Å². The minimum Gasteiger partial charge on any atom is -0.324 e. The molecule has 1 atom stereocenters. The fraction of sp³-hybridized carbons (Fsp3) is 0.500. The predicted octanol–water partition coefficient (Wildman–Crippen LogP) is 2.86. The molecule has 1 aromatic carbocycles. The molecule has 0 saturated carbocycles. The number of benzene rings is 1. The largest absolute Gasteiger partial charge is 0.324 e. The third-order valence-corrected chi connectivity index (χ3v) is 3.40. The number of nitrogens with zero attached hydrogens (tertiary/aromatic N) is 2. The van der Waals surface area contributed by atoms with Crippen molar-refractivity contribution in [3.63, 3.8) is 0 Å². The van der Waals surface area contributed by atoms with Crippen LogP contribution in [0.25, 0.3) is 0 Å². The molecular weight excluding hydrogens is 250 g/mol. The highest BCUT2D eigenvalue weighted by Gasteiger charge is 2.13. The molecule has 0 aliphatic carbocycles. The maximum Gasteiger partial charge on any atom is 0.238 e. The third-order valence-electron chi connectivity index (χ3n) is 3.40. The lowest BCUT2D eigenvalue weighted by Gasteiger charge is -2.23. The van der Waals surface area contributed by atoms with Crippen LogP contribution in [0.1, 0.15) is 32.8 Å². The molecule has 1 aromatic rings. The van der Waals surface area contributed by atoms with Crippen molar-refractivity contribution in [3.05, 3.63) is 29.8 Å². The second-order valence-electron chi connectivity index (χ2n) is 5.05. The van der Waals surface area contributed by atoms with Crippen LogP contribution in [0.5, 0.6) is 0 Å². The van der Waals surface area contributed by atoms with Gasteiger partial charge in [-0.3, -0.25) is 9.69 Å². The number of hydrogen-bond acceptors (Lipinski definition) is 3. The summed E-state index contributed by atoms with van der Waals surface area (Å²) in [5.41, 5.74) is 1.07. The number of hydrogen-bond donors (Lipinski definition) is 1. The van der Waals surface area contributed by atoms with E-state index in [2.05, 4.69) is 37.1 Å². The van der Waals surface area contributed by atoms with Crippen molar-refractivity contribution in [2.75, 3.05) is 25.0 Å². The predicted molar refractivity (Wildman–Crippen MR) is 81.4 cm³/mol. The number of amides is 1. The van der Waals surface area contributed by atoms with Crippen LogP contribution in [0.15, 0.2) is 24.3 Å². The molecule has 0 bridgehead atoms. The summed E-state index contributed by atoms with van der Waals surface area (Å²) in [6.07, 6.45) is 1.11. The third kappa shape index (κ3) is 5.02. The number of likely N-dealkylation sites (N-methyl/N-ethyl adjacent to an activating group) is 1. The quantitative estimate of drug-likeness (QED) is 0.831. The zero-order chi connectivity index (χ0) is 15.0. The zero-order valence-electron chi connectivity index (χ0n) is 12.5. The van der Waals surface area contributed by atoms with Crippen LogP contribution in [-0.4, -0.2) is 30.4 Å². The average Bonchev–Trinajstić information content (AvgIpc) is 2.46. The Morgan fingerprint density at radius 2 is 2.10 bits per heavy atom. The van der Waals surface area contributed by atoms with Crippen molar-refractivity contribution in [3.8, 4) is 6.07 Å². The van der Waals surface area contributed by atoms with Crippen LogP contribution < -0.4 is 5.32 Å². The molecule has 20 heavy (non-hydrogen) atoms. The molecule has 1 unspecified atom stereocenters. The van der Waals surface area contributed by atoms with Crippen LogP contribution in [0.3, 0.4) is 0 Å². The fourth-order valence-electron chi connectivity index (χ4n) is 1.96. The lowest BCUT2D eigenvalue weighted by molar-refractivity contribution is -0.117. The first-order chi connectivity index (χ1) is 9.60. The molecule has 1 N–H and O–H groups in total. The van der Waals surface area contributed by atoms with E-state index in [-0.39, 0.29) is 5.91 Å². The van der Waals surface area contributed by atoms with Gasteiger partial charge in [-0.2, -0.15) is 5.26 Å². The van der Waals surface area contributed by atoms with Gasteiger partial charge in [0, 0.05) is 6.54 Å². The minimum absolute atomic E-state index is 0.0714. The fourth-order valence-corrected chi connectivity index (χ4v) is 1.96. The van der Waals surface area contributed by atoms with E-state index in [1.165, 1.54) is 0 Å². The standard InChI is InChI=1S/C16H23N3O/c1-4-13(3)11-19(5-2)12-16(20)18-15-9-7-6-8-14(15)10-17/h6-9,13H,4-5,11-12H2,1-3H3,(H,18,20). The first-order valence-corrected chi connectivity index (χ1v) is 7.12. The van der Waals surface area contributed by atoms with E-state index in [0.717, 1.165) is 19.5 Å². The summed E-state index contributed by atoms with van der Waals surface area (Å²) in [5, 5.41) is 11.8. The van der Waals surface area contributed by atoms with E-state index in [1.54, 1.807) is 18.2 Å². The number of nitriles is 1. The first-order valence-electron chi connectivity index (χ1n) is 7.12. The minimum atomic E-state index is -0.0714. The number of carbonyl (C=O) groups is 1. The summed E-state index contributed by atoms with van der Waals surface area (Å²) < 4.78 is 0. The summed E-state index contributed by atoms with van der Waals surface area (Å²) >= 11 is 0. The second kappa shape index (κ2) is 8.34. The molecule has 0 aromatic heterocycles. The van der Waals surface area contributed by atoms with Crippen molar-refractivity contribution >= 4 is 11.6 Å². The number of para-hydroxylation sites is 1. The number of anilines is 1. The van der Waals surface area contributed by atoms with Gasteiger partial charge in [0.1, 0.15) is 6.07 Å². The Labute approximate surface area is 121 Å². The Bertz CT molecular complexity index is 479. The maximum atomic E-state index is 12.1. The molecule has 0 radical (unpaired) electrons. The van der Waals surface area contributed by atoms with E-state index in [9.17, 15) is 4.79 Å². The van der Waals surface area contributed by atoms with Gasteiger partial charge >= 0.3 is 0 Å². The van der Waals surface area contributed by atoms with Gasteiger partial charge in [-0.1, -0.05) is 39.3 Å². The van der Waals surface area contributed by atoms with E-state index < -0.39 is 0 Å². The van der Waals surface area contributed by atoms with Crippen LogP contribution in [0.2, 0.25) is 0 Å². The lowest BCUT2D eigenvalue weighted by Crippen LogP contribution is -2.36. The summed E-state index contributed by atoms with van der Waals surface area (Å²) in [6, 6.07) is 9.13. The molecule has 0 aliphatic rings. The van der Waals surface area contributed by atoms with Gasteiger partial charge in [-0.05, 0) is 24.6 Å². The molecule has 4 heteroatoms. The summed E-state index contributed by atoms with van der Waals surface area (Å²) in [4.78, 5) is 14.2. The van der Waals surface area contributed by atoms with E-state index in [0.29, 0.717) is 23.7 Å². The molecule has 0 heterocycles. The van der Waals surface area contributed by atoms with Gasteiger partial charge in [0.2, 0.25) is 5.91 Å². The highest BCUT2D eigenvalue weighted by atomic mass is 16.2. The molecule has 108 valence electrons. The Hall–Kier alpha value is -1.86. The normalized spacial score (nSPS) is 11.9. The Kier molecular flexibility index (Phi) is 6.75. The van der Waals surface area contributed by atoms with Gasteiger partial charge in [0.15, 0.2) is 0 Å². The van der Waals surface area contributed by atoms with E-state index in [4.69, 9.17) is 5.26 Å². The molecule has 1 amide bonds. The molecule has 1 rings (SSSR count). The van der Waals surface area contributed by atoms with Crippen LogP contribution in [0, 0.1) is 17.2 Å². The molecule has 0 fully saturated rings. The highest BCUT2D eigenvalue weighted by Crippen LogP contribution is 2.13. The van der Waals surface area contributed by atoms with E-state index in [1.807, 2.05) is 6.07 Å². The number of carbonyl (C=O) groups excluding carboxylic acids is 1. The summed E-state index contributed by atoms with van der Waals surface area (Å²) in [5.74, 6) is 0.506. The summed E-state index contributed by atoms with van der Waals surface area (Å²) in [7, 11) is 0. The lowest BCUT2D eigenvalue weighted by atomic mass is 10.1. The van der Waals surface area contributed by atoms with Crippen LogP contribution >= 0.6 is 0 Å². The first kappa shape index (κ1) is 16.2. The second-order valence-corrected chi connectivity index (χ2v) is 5.05. The van der Waals surface area contributed by atoms with Crippen LogP contribution in [-0.2, 0) is 4.79 Å². The Morgan fingerprint density at radius 3 is 2.70 bits per heavy atom. The molecule has 0 aliphatic heterocycles. The van der Waals surface area contributed by atoms with Crippen molar-refractivity contribution < 1.29 is 4.79 Å². The van der Waals surface area contributed by atoms with E-state index >= 15 is 0 Å². The van der Waals surface area contributed by atoms with Crippen molar-refractivity contribution in [1.82, 2.24) is 4.90 Å². The zero-order valence-corrected chi connectivity index (χ0v) is 12.5. The Morgan fingerprint density at radius 1 is 1.40 bits per heavy atom. The van der Waals surface area contributed by atoms with Crippen molar-refractivity contribution in [2.45, 2.75) is 27.2 Å². The molecular formula is C16H23N3O. The maximum absolute atomic E-state index is 12.1.